The number of hydrogen-bond acceptors (Lipinski definition) is 4. The standard InChI is InChI=1S/C15H16N2O3/c1-2-9-19-13-7-5-12(6-8-13)15(18)17-16-11-14-4-3-10-20-14/h3-8,10-11H,2,9H2,1H3,(H,17,18)/b16-11+. The lowest BCUT2D eigenvalue weighted by Gasteiger charge is -2.05. The van der Waals surface area contributed by atoms with Crippen molar-refractivity contribution < 1.29 is 13.9 Å². The molecule has 0 bridgehead atoms. The highest BCUT2D eigenvalue weighted by Crippen LogP contribution is 2.12. The Morgan fingerprint density at radius 3 is 2.80 bits per heavy atom. The van der Waals surface area contributed by atoms with Crippen molar-refractivity contribution in [2.75, 3.05) is 6.61 Å². The molecule has 0 radical (unpaired) electrons. The number of amides is 1. The predicted octanol–water partition coefficient (Wildman–Crippen LogP) is 2.83. The number of carbonyl (C=O) groups is 1. The molecule has 0 saturated carbocycles. The van der Waals surface area contributed by atoms with Crippen LogP contribution < -0.4 is 10.2 Å². The summed E-state index contributed by atoms with van der Waals surface area (Å²) in [6.45, 7) is 2.71. The zero-order valence-corrected chi connectivity index (χ0v) is 11.2. The zero-order chi connectivity index (χ0) is 14.2. The number of ether oxygens (including phenoxy) is 1. The molecule has 1 amide bonds. The third-order valence-electron chi connectivity index (χ3n) is 2.49. The third-order valence-corrected chi connectivity index (χ3v) is 2.49. The van der Waals surface area contributed by atoms with Gasteiger partial charge in [0.1, 0.15) is 11.5 Å². The Kier molecular flexibility index (Phi) is 4.94. The Bertz CT molecular complexity index is 559. The molecule has 2 rings (SSSR count). The van der Waals surface area contributed by atoms with Crippen LogP contribution >= 0.6 is 0 Å². The van der Waals surface area contributed by atoms with Crippen molar-refractivity contribution in [2.24, 2.45) is 5.10 Å². The number of hydrazone groups is 1. The molecule has 0 aliphatic heterocycles. The summed E-state index contributed by atoms with van der Waals surface area (Å²) < 4.78 is 10.5. The van der Waals surface area contributed by atoms with Crippen LogP contribution in [0.25, 0.3) is 0 Å². The van der Waals surface area contributed by atoms with Gasteiger partial charge in [-0.1, -0.05) is 6.92 Å². The number of carbonyl (C=O) groups excluding carboxylic acids is 1. The number of benzene rings is 1. The van der Waals surface area contributed by atoms with Crippen LogP contribution in [0.2, 0.25) is 0 Å². The van der Waals surface area contributed by atoms with Crippen molar-refractivity contribution in [1.29, 1.82) is 0 Å². The minimum Gasteiger partial charge on any atom is -0.494 e. The van der Waals surface area contributed by atoms with Gasteiger partial charge in [0, 0.05) is 5.56 Å². The summed E-state index contributed by atoms with van der Waals surface area (Å²) in [6, 6.07) is 10.4. The molecule has 1 N–H and O–H groups in total. The molecule has 0 saturated heterocycles. The van der Waals surface area contributed by atoms with Gasteiger partial charge in [-0.15, -0.1) is 0 Å². The van der Waals surface area contributed by atoms with Gasteiger partial charge < -0.3 is 9.15 Å². The molecule has 20 heavy (non-hydrogen) atoms. The van der Waals surface area contributed by atoms with E-state index in [1.807, 2.05) is 6.92 Å². The maximum absolute atomic E-state index is 11.8. The van der Waals surface area contributed by atoms with E-state index in [-0.39, 0.29) is 5.91 Å². The highest BCUT2D eigenvalue weighted by Gasteiger charge is 2.04. The van der Waals surface area contributed by atoms with Crippen LogP contribution in [0.3, 0.4) is 0 Å². The number of furan rings is 1. The van der Waals surface area contributed by atoms with E-state index in [2.05, 4.69) is 10.5 Å². The second-order valence-corrected chi connectivity index (χ2v) is 4.09. The van der Waals surface area contributed by atoms with Gasteiger partial charge in [-0.3, -0.25) is 4.79 Å². The lowest BCUT2D eigenvalue weighted by atomic mass is 10.2. The number of hydrogen-bond donors (Lipinski definition) is 1. The summed E-state index contributed by atoms with van der Waals surface area (Å²) in [7, 11) is 0. The average molecular weight is 272 g/mol. The molecule has 0 aliphatic carbocycles. The lowest BCUT2D eigenvalue weighted by Crippen LogP contribution is -2.17. The summed E-state index contributed by atoms with van der Waals surface area (Å²) in [6.07, 6.45) is 3.93. The van der Waals surface area contributed by atoms with Crippen molar-refractivity contribution in [1.82, 2.24) is 5.43 Å². The molecule has 1 aromatic heterocycles. The molecule has 1 aromatic carbocycles. The second-order valence-electron chi connectivity index (χ2n) is 4.09. The molecular weight excluding hydrogens is 256 g/mol. The van der Waals surface area contributed by atoms with Crippen LogP contribution in [0.1, 0.15) is 29.5 Å². The monoisotopic (exact) mass is 272 g/mol. The van der Waals surface area contributed by atoms with Crippen molar-refractivity contribution >= 4 is 12.1 Å². The molecule has 5 heteroatoms. The highest BCUT2D eigenvalue weighted by molar-refractivity contribution is 5.94. The molecule has 0 atom stereocenters. The number of rotatable bonds is 6. The maximum Gasteiger partial charge on any atom is 0.271 e. The fourth-order valence-electron chi connectivity index (χ4n) is 1.51. The Balaban J connectivity index is 1.89. The van der Waals surface area contributed by atoms with Crippen molar-refractivity contribution in [3.8, 4) is 5.75 Å². The highest BCUT2D eigenvalue weighted by atomic mass is 16.5. The smallest absolute Gasteiger partial charge is 0.271 e. The SMILES string of the molecule is CCCOc1ccc(C(=O)N/N=C/c2ccco2)cc1. The van der Waals surface area contributed by atoms with E-state index in [0.29, 0.717) is 17.9 Å². The lowest BCUT2D eigenvalue weighted by molar-refractivity contribution is 0.0955. The third kappa shape index (κ3) is 3.98. The molecule has 0 unspecified atom stereocenters. The van der Waals surface area contributed by atoms with Crippen LogP contribution in [-0.2, 0) is 0 Å². The van der Waals surface area contributed by atoms with E-state index in [0.717, 1.165) is 12.2 Å². The van der Waals surface area contributed by atoms with E-state index in [1.165, 1.54) is 12.5 Å². The van der Waals surface area contributed by atoms with E-state index >= 15 is 0 Å². The largest absolute Gasteiger partial charge is 0.494 e. The average Bonchev–Trinajstić information content (AvgIpc) is 2.99. The van der Waals surface area contributed by atoms with E-state index < -0.39 is 0 Å². The van der Waals surface area contributed by atoms with Gasteiger partial charge in [0.25, 0.3) is 5.91 Å². The summed E-state index contributed by atoms with van der Waals surface area (Å²) in [4.78, 5) is 11.8. The first-order valence-corrected chi connectivity index (χ1v) is 6.39. The molecule has 0 fully saturated rings. The first kappa shape index (κ1) is 13.9. The second kappa shape index (κ2) is 7.13. The molecule has 104 valence electrons. The first-order valence-electron chi connectivity index (χ1n) is 6.39. The quantitative estimate of drug-likeness (QED) is 0.649. The molecule has 0 spiro atoms. The Morgan fingerprint density at radius 1 is 1.35 bits per heavy atom. The molecule has 5 nitrogen and oxygen atoms in total. The van der Waals surface area contributed by atoms with Gasteiger partial charge in [-0.05, 0) is 42.8 Å². The van der Waals surface area contributed by atoms with Crippen LogP contribution in [0.4, 0.5) is 0 Å². The number of nitrogens with zero attached hydrogens (tertiary/aromatic N) is 1. The fourth-order valence-corrected chi connectivity index (χ4v) is 1.51. The van der Waals surface area contributed by atoms with E-state index in [9.17, 15) is 4.79 Å². The van der Waals surface area contributed by atoms with Gasteiger partial charge in [0.2, 0.25) is 0 Å². The van der Waals surface area contributed by atoms with Crippen LogP contribution in [0.5, 0.6) is 5.75 Å². The summed E-state index contributed by atoms with van der Waals surface area (Å²) in [5.74, 6) is 1.05. The van der Waals surface area contributed by atoms with Gasteiger partial charge >= 0.3 is 0 Å². The minimum atomic E-state index is -0.283. The minimum absolute atomic E-state index is 0.283. The van der Waals surface area contributed by atoms with Crippen LogP contribution in [0.15, 0.2) is 52.2 Å². The van der Waals surface area contributed by atoms with Crippen molar-refractivity contribution in [3.63, 3.8) is 0 Å². The molecule has 0 aliphatic rings. The molecule has 1 heterocycles. The summed E-state index contributed by atoms with van der Waals surface area (Å²) in [5.41, 5.74) is 2.95. The fraction of sp³-hybridized carbons (Fsp3) is 0.200. The number of nitrogens with one attached hydrogen (secondary N) is 1. The van der Waals surface area contributed by atoms with Crippen LogP contribution in [-0.4, -0.2) is 18.7 Å². The van der Waals surface area contributed by atoms with Gasteiger partial charge in [-0.2, -0.15) is 5.10 Å². The maximum atomic E-state index is 11.8. The normalized spacial score (nSPS) is 10.7. The Hall–Kier alpha value is -2.56. The van der Waals surface area contributed by atoms with Gasteiger partial charge in [0.15, 0.2) is 0 Å². The van der Waals surface area contributed by atoms with Gasteiger partial charge in [-0.25, -0.2) is 5.43 Å². The molecular formula is C15H16N2O3. The predicted molar refractivity (Wildman–Crippen MR) is 76.0 cm³/mol. The summed E-state index contributed by atoms with van der Waals surface area (Å²) >= 11 is 0. The first-order chi connectivity index (χ1) is 9.79. The van der Waals surface area contributed by atoms with Crippen LogP contribution in [0, 0.1) is 0 Å². The van der Waals surface area contributed by atoms with E-state index in [1.54, 1.807) is 36.4 Å². The summed E-state index contributed by atoms with van der Waals surface area (Å²) in [5, 5.41) is 3.81. The zero-order valence-electron chi connectivity index (χ0n) is 11.2. The Labute approximate surface area is 117 Å². The van der Waals surface area contributed by atoms with Crippen molar-refractivity contribution in [2.45, 2.75) is 13.3 Å². The van der Waals surface area contributed by atoms with Crippen molar-refractivity contribution in [3.05, 3.63) is 54.0 Å². The molecule has 2 aromatic rings. The Morgan fingerprint density at radius 2 is 2.15 bits per heavy atom. The topological polar surface area (TPSA) is 63.8 Å². The van der Waals surface area contributed by atoms with E-state index in [4.69, 9.17) is 9.15 Å². The van der Waals surface area contributed by atoms with Gasteiger partial charge in [0.05, 0.1) is 19.1 Å².